The van der Waals surface area contributed by atoms with Crippen LogP contribution in [0.1, 0.15) is 24.0 Å². The highest BCUT2D eigenvalue weighted by atomic mass is 35.5. The van der Waals surface area contributed by atoms with Crippen molar-refractivity contribution >= 4 is 11.6 Å². The Balaban J connectivity index is 2.72. The summed E-state index contributed by atoms with van der Waals surface area (Å²) >= 11 is 5.98. The normalized spacial score (nSPS) is 10.6. The van der Waals surface area contributed by atoms with Crippen LogP contribution in [0, 0.1) is 12.7 Å². The third kappa shape index (κ3) is 2.96. The molecule has 2 N–H and O–H groups in total. The predicted molar refractivity (Wildman–Crippen MR) is 58.1 cm³/mol. The monoisotopic (exact) mass is 215 g/mol. The molecule has 0 aliphatic carbocycles. The van der Waals surface area contributed by atoms with Gasteiger partial charge in [0, 0.05) is 5.02 Å². The van der Waals surface area contributed by atoms with Crippen LogP contribution in [0.5, 0.6) is 0 Å². The molecule has 0 aromatic heterocycles. The van der Waals surface area contributed by atoms with Crippen molar-refractivity contribution in [1.82, 2.24) is 0 Å². The summed E-state index contributed by atoms with van der Waals surface area (Å²) in [5.41, 5.74) is 6.85. The number of hydrogen-bond donors (Lipinski definition) is 1. The van der Waals surface area contributed by atoms with E-state index in [4.69, 9.17) is 17.3 Å². The van der Waals surface area contributed by atoms with E-state index < -0.39 is 0 Å². The molecule has 0 spiro atoms. The number of benzene rings is 1. The summed E-state index contributed by atoms with van der Waals surface area (Å²) in [7, 11) is 0. The fourth-order valence-electron chi connectivity index (χ4n) is 1.34. The van der Waals surface area contributed by atoms with E-state index in [0.29, 0.717) is 17.1 Å². The van der Waals surface area contributed by atoms with E-state index in [2.05, 4.69) is 0 Å². The van der Waals surface area contributed by atoms with Crippen molar-refractivity contribution in [3.05, 3.63) is 34.1 Å². The zero-order valence-corrected chi connectivity index (χ0v) is 9.07. The third-order valence-corrected chi connectivity index (χ3v) is 2.58. The Hall–Kier alpha value is -0.600. The molecule has 3 heteroatoms. The Morgan fingerprint density at radius 1 is 1.36 bits per heavy atom. The van der Waals surface area contributed by atoms with Gasteiger partial charge in [0.2, 0.25) is 0 Å². The Morgan fingerprint density at radius 3 is 2.71 bits per heavy atom. The third-order valence-electron chi connectivity index (χ3n) is 2.23. The summed E-state index contributed by atoms with van der Waals surface area (Å²) in [5, 5.41) is 0.654. The van der Waals surface area contributed by atoms with Gasteiger partial charge in [-0.3, -0.25) is 0 Å². The van der Waals surface area contributed by atoms with E-state index in [1.165, 1.54) is 6.07 Å². The van der Waals surface area contributed by atoms with Crippen LogP contribution in [0.25, 0.3) is 0 Å². The zero-order valence-electron chi connectivity index (χ0n) is 8.32. The molecule has 1 rings (SSSR count). The number of hydrogen-bond acceptors (Lipinski definition) is 1. The van der Waals surface area contributed by atoms with E-state index in [9.17, 15) is 4.39 Å². The lowest BCUT2D eigenvalue weighted by molar-refractivity contribution is 0.614. The average Bonchev–Trinajstić information content (AvgIpc) is 2.14. The van der Waals surface area contributed by atoms with E-state index in [0.717, 1.165) is 24.8 Å². The molecule has 0 radical (unpaired) electrons. The first kappa shape index (κ1) is 11.5. The summed E-state index contributed by atoms with van der Waals surface area (Å²) < 4.78 is 13.2. The van der Waals surface area contributed by atoms with Crippen LogP contribution in [-0.4, -0.2) is 6.54 Å². The number of halogens is 2. The summed E-state index contributed by atoms with van der Waals surface area (Å²) in [5.74, 6) is -0.183. The standard InChI is InChI=1S/C11H15ClFN/c1-8-6-10(12)9(7-11(8)13)4-2-3-5-14/h6-7H,2-5,14H2,1H3. The maximum absolute atomic E-state index is 13.2. The van der Waals surface area contributed by atoms with Crippen molar-refractivity contribution in [1.29, 1.82) is 0 Å². The lowest BCUT2D eigenvalue weighted by Crippen LogP contribution is -1.99. The second-order valence-corrected chi connectivity index (χ2v) is 3.85. The second kappa shape index (κ2) is 5.32. The Bertz CT molecular complexity index is 312. The van der Waals surface area contributed by atoms with Gasteiger partial charge < -0.3 is 5.73 Å². The van der Waals surface area contributed by atoms with Crippen molar-refractivity contribution in [2.45, 2.75) is 26.2 Å². The quantitative estimate of drug-likeness (QED) is 0.768. The van der Waals surface area contributed by atoms with E-state index in [-0.39, 0.29) is 5.82 Å². The van der Waals surface area contributed by atoms with Gasteiger partial charge in [-0.25, -0.2) is 4.39 Å². The topological polar surface area (TPSA) is 26.0 Å². The van der Waals surface area contributed by atoms with Crippen LogP contribution in [0.3, 0.4) is 0 Å². The molecule has 0 unspecified atom stereocenters. The number of unbranched alkanes of at least 4 members (excludes halogenated alkanes) is 1. The van der Waals surface area contributed by atoms with Gasteiger partial charge in [0.15, 0.2) is 0 Å². The summed E-state index contributed by atoms with van der Waals surface area (Å²) in [6.07, 6.45) is 2.71. The highest BCUT2D eigenvalue weighted by Gasteiger charge is 2.05. The van der Waals surface area contributed by atoms with Crippen molar-refractivity contribution in [2.24, 2.45) is 5.73 Å². The van der Waals surface area contributed by atoms with Crippen molar-refractivity contribution in [3.63, 3.8) is 0 Å². The van der Waals surface area contributed by atoms with Crippen molar-refractivity contribution in [3.8, 4) is 0 Å². The Kier molecular flexibility index (Phi) is 4.36. The van der Waals surface area contributed by atoms with Crippen LogP contribution in [-0.2, 0) is 6.42 Å². The molecule has 0 aliphatic heterocycles. The Morgan fingerprint density at radius 2 is 2.07 bits per heavy atom. The molecule has 0 bridgehead atoms. The van der Waals surface area contributed by atoms with Gasteiger partial charge in [-0.05, 0) is 56.0 Å². The SMILES string of the molecule is Cc1cc(Cl)c(CCCCN)cc1F. The lowest BCUT2D eigenvalue weighted by atomic mass is 10.1. The van der Waals surface area contributed by atoms with Gasteiger partial charge in [-0.2, -0.15) is 0 Å². The van der Waals surface area contributed by atoms with E-state index in [1.807, 2.05) is 0 Å². The molecule has 14 heavy (non-hydrogen) atoms. The molecular formula is C11H15ClFN. The van der Waals surface area contributed by atoms with Gasteiger partial charge in [0.1, 0.15) is 5.82 Å². The number of aryl methyl sites for hydroxylation is 2. The number of rotatable bonds is 4. The molecule has 1 aromatic rings. The van der Waals surface area contributed by atoms with Gasteiger partial charge in [0.25, 0.3) is 0 Å². The molecule has 0 fully saturated rings. The first-order valence-corrected chi connectivity index (χ1v) is 5.17. The van der Waals surface area contributed by atoms with Crippen LogP contribution >= 0.6 is 11.6 Å². The molecule has 78 valence electrons. The highest BCUT2D eigenvalue weighted by Crippen LogP contribution is 2.21. The van der Waals surface area contributed by atoms with Gasteiger partial charge in [0.05, 0.1) is 0 Å². The fraction of sp³-hybridized carbons (Fsp3) is 0.455. The van der Waals surface area contributed by atoms with Gasteiger partial charge in [-0.15, -0.1) is 0 Å². The molecule has 0 saturated heterocycles. The minimum absolute atomic E-state index is 0.183. The fourth-order valence-corrected chi connectivity index (χ4v) is 1.65. The molecule has 0 atom stereocenters. The number of nitrogens with two attached hydrogens (primary N) is 1. The molecule has 0 heterocycles. The summed E-state index contributed by atoms with van der Waals surface area (Å²) in [6, 6.07) is 3.20. The maximum atomic E-state index is 13.2. The van der Waals surface area contributed by atoms with Gasteiger partial charge in [-0.1, -0.05) is 11.6 Å². The van der Waals surface area contributed by atoms with Crippen LogP contribution in [0.15, 0.2) is 12.1 Å². The largest absolute Gasteiger partial charge is 0.330 e. The first-order chi connectivity index (χ1) is 6.65. The van der Waals surface area contributed by atoms with E-state index >= 15 is 0 Å². The van der Waals surface area contributed by atoms with Crippen LogP contribution in [0.4, 0.5) is 4.39 Å². The minimum atomic E-state index is -0.183. The second-order valence-electron chi connectivity index (χ2n) is 3.44. The maximum Gasteiger partial charge on any atom is 0.126 e. The van der Waals surface area contributed by atoms with Crippen molar-refractivity contribution in [2.75, 3.05) is 6.54 Å². The van der Waals surface area contributed by atoms with Gasteiger partial charge >= 0.3 is 0 Å². The predicted octanol–water partition coefficient (Wildman–Crippen LogP) is 3.07. The van der Waals surface area contributed by atoms with Crippen LogP contribution in [0.2, 0.25) is 5.02 Å². The molecule has 0 amide bonds. The first-order valence-electron chi connectivity index (χ1n) is 4.79. The summed E-state index contributed by atoms with van der Waals surface area (Å²) in [6.45, 7) is 2.39. The molecule has 1 nitrogen and oxygen atoms in total. The zero-order chi connectivity index (χ0) is 10.6. The highest BCUT2D eigenvalue weighted by molar-refractivity contribution is 6.31. The minimum Gasteiger partial charge on any atom is -0.330 e. The summed E-state index contributed by atoms with van der Waals surface area (Å²) in [4.78, 5) is 0. The molecule has 0 aliphatic rings. The molecular weight excluding hydrogens is 201 g/mol. The van der Waals surface area contributed by atoms with E-state index in [1.54, 1.807) is 13.0 Å². The Labute approximate surface area is 89.1 Å². The molecule has 1 aromatic carbocycles. The smallest absolute Gasteiger partial charge is 0.126 e. The lowest BCUT2D eigenvalue weighted by Gasteiger charge is -2.05. The van der Waals surface area contributed by atoms with Crippen molar-refractivity contribution < 1.29 is 4.39 Å². The molecule has 0 saturated carbocycles. The average molecular weight is 216 g/mol. The van der Waals surface area contributed by atoms with Crippen LogP contribution < -0.4 is 5.73 Å².